The molecule has 0 saturated carbocycles. The fourth-order valence-electron chi connectivity index (χ4n) is 4.23. The summed E-state index contributed by atoms with van der Waals surface area (Å²) in [6, 6.07) is 30.1. The van der Waals surface area contributed by atoms with Crippen LogP contribution in [0.3, 0.4) is 0 Å². The molecule has 4 aromatic carbocycles. The van der Waals surface area contributed by atoms with E-state index in [0.29, 0.717) is 17.3 Å². The van der Waals surface area contributed by atoms with Crippen LogP contribution in [0, 0.1) is 18.3 Å². The van der Waals surface area contributed by atoms with Crippen molar-refractivity contribution in [1.29, 1.82) is 5.26 Å². The number of anilines is 1. The van der Waals surface area contributed by atoms with Gasteiger partial charge in [-0.25, -0.2) is 0 Å². The number of carbonyl (C=O) groups excluding carboxylic acids is 1. The molecule has 1 amide bonds. The molecule has 0 aliphatic heterocycles. The van der Waals surface area contributed by atoms with Gasteiger partial charge in [0, 0.05) is 39.9 Å². The number of nitriles is 1. The second-order valence-corrected chi connectivity index (χ2v) is 8.91. The third-order valence-electron chi connectivity index (χ3n) is 6.08. The topological polar surface area (TPSA) is 57.8 Å². The van der Waals surface area contributed by atoms with Crippen LogP contribution in [0.4, 0.5) is 5.69 Å². The molecule has 0 bridgehead atoms. The molecule has 0 aliphatic rings. The number of hydrogen-bond acceptors (Lipinski definition) is 2. The normalized spacial score (nSPS) is 11.5. The standard InChI is InChI=1S/C30H22ClN3O/c1-20-10-13-26(16-28(20)31)33-30(35)24(17-32)15-25-19-34(29-9-5-4-8-27(25)29)18-21-11-12-22-6-2-3-7-23(22)14-21/h2-16,19H,18H2,1H3,(H,33,35)/b24-15-. The highest BCUT2D eigenvalue weighted by Crippen LogP contribution is 2.26. The summed E-state index contributed by atoms with van der Waals surface area (Å²) in [7, 11) is 0. The van der Waals surface area contributed by atoms with E-state index in [1.807, 2.05) is 61.7 Å². The predicted molar refractivity (Wildman–Crippen MR) is 143 cm³/mol. The number of aryl methyl sites for hydroxylation is 1. The fourth-order valence-corrected chi connectivity index (χ4v) is 4.41. The molecule has 0 unspecified atom stereocenters. The minimum atomic E-state index is -0.473. The highest BCUT2D eigenvalue weighted by molar-refractivity contribution is 6.31. The van der Waals surface area contributed by atoms with Crippen LogP contribution >= 0.6 is 11.6 Å². The fraction of sp³-hybridized carbons (Fsp3) is 0.0667. The molecule has 0 saturated heterocycles. The molecule has 1 heterocycles. The van der Waals surface area contributed by atoms with Crippen molar-refractivity contribution in [1.82, 2.24) is 4.57 Å². The Morgan fingerprint density at radius 2 is 1.77 bits per heavy atom. The van der Waals surface area contributed by atoms with Crippen LogP contribution in [0.25, 0.3) is 27.8 Å². The van der Waals surface area contributed by atoms with Crippen molar-refractivity contribution in [3.05, 3.63) is 118 Å². The average molecular weight is 476 g/mol. The first-order chi connectivity index (χ1) is 17.0. The number of benzene rings is 4. The molecule has 5 aromatic rings. The molecule has 1 N–H and O–H groups in total. The Balaban J connectivity index is 1.48. The second kappa shape index (κ2) is 9.50. The smallest absolute Gasteiger partial charge is 0.266 e. The number of carbonyl (C=O) groups is 1. The Hall–Kier alpha value is -4.33. The van der Waals surface area contributed by atoms with Gasteiger partial charge in [0.1, 0.15) is 11.6 Å². The summed E-state index contributed by atoms with van der Waals surface area (Å²) >= 11 is 6.17. The lowest BCUT2D eigenvalue weighted by molar-refractivity contribution is -0.112. The number of amides is 1. The number of nitrogens with zero attached hydrogens (tertiary/aromatic N) is 2. The monoisotopic (exact) mass is 475 g/mol. The van der Waals surface area contributed by atoms with Gasteiger partial charge < -0.3 is 9.88 Å². The Labute approximate surface area is 208 Å². The first-order valence-electron chi connectivity index (χ1n) is 11.3. The SMILES string of the molecule is Cc1ccc(NC(=O)/C(C#N)=C\c2cn(Cc3ccc4ccccc4c3)c3ccccc23)cc1Cl. The quantitative estimate of drug-likeness (QED) is 0.213. The molecule has 0 aliphatic carbocycles. The minimum absolute atomic E-state index is 0.0234. The average Bonchev–Trinajstić information content (AvgIpc) is 3.21. The van der Waals surface area contributed by atoms with Gasteiger partial charge in [-0.1, -0.05) is 72.3 Å². The largest absolute Gasteiger partial charge is 0.342 e. The van der Waals surface area contributed by atoms with Crippen LogP contribution in [0.2, 0.25) is 5.02 Å². The first-order valence-corrected chi connectivity index (χ1v) is 11.6. The Morgan fingerprint density at radius 1 is 1.00 bits per heavy atom. The van der Waals surface area contributed by atoms with E-state index in [0.717, 1.165) is 22.0 Å². The van der Waals surface area contributed by atoms with Crippen molar-refractivity contribution in [3.63, 3.8) is 0 Å². The summed E-state index contributed by atoms with van der Waals surface area (Å²) < 4.78 is 2.15. The van der Waals surface area contributed by atoms with E-state index in [2.05, 4.69) is 40.2 Å². The van der Waals surface area contributed by atoms with Crippen molar-refractivity contribution in [2.45, 2.75) is 13.5 Å². The molecule has 5 heteroatoms. The second-order valence-electron chi connectivity index (χ2n) is 8.50. The lowest BCUT2D eigenvalue weighted by Gasteiger charge is -2.07. The van der Waals surface area contributed by atoms with Crippen LogP contribution in [0.5, 0.6) is 0 Å². The summed E-state index contributed by atoms with van der Waals surface area (Å²) in [5.74, 6) is -0.473. The maximum atomic E-state index is 12.9. The maximum Gasteiger partial charge on any atom is 0.266 e. The summed E-state index contributed by atoms with van der Waals surface area (Å²) in [4.78, 5) is 12.9. The zero-order chi connectivity index (χ0) is 24.4. The molecule has 0 radical (unpaired) electrons. The Morgan fingerprint density at radius 3 is 2.57 bits per heavy atom. The van der Waals surface area contributed by atoms with Gasteiger partial charge in [0.15, 0.2) is 0 Å². The molecule has 0 spiro atoms. The lowest BCUT2D eigenvalue weighted by Crippen LogP contribution is -2.13. The molecule has 0 atom stereocenters. The van der Waals surface area contributed by atoms with Gasteiger partial charge in [0.25, 0.3) is 5.91 Å². The molecule has 0 fully saturated rings. The summed E-state index contributed by atoms with van der Waals surface area (Å²) in [5, 5.41) is 16.4. The van der Waals surface area contributed by atoms with E-state index in [4.69, 9.17) is 11.6 Å². The van der Waals surface area contributed by atoms with E-state index >= 15 is 0 Å². The molecule has 1 aromatic heterocycles. The molecule has 170 valence electrons. The Bertz CT molecular complexity index is 1660. The Kier molecular flexibility index (Phi) is 6.10. The van der Waals surface area contributed by atoms with Gasteiger partial charge in [-0.15, -0.1) is 0 Å². The third-order valence-corrected chi connectivity index (χ3v) is 6.49. The minimum Gasteiger partial charge on any atom is -0.342 e. The van der Waals surface area contributed by atoms with Crippen molar-refractivity contribution >= 4 is 50.9 Å². The van der Waals surface area contributed by atoms with E-state index < -0.39 is 5.91 Å². The number of rotatable bonds is 5. The van der Waals surface area contributed by atoms with E-state index in [1.165, 1.54) is 16.3 Å². The van der Waals surface area contributed by atoms with Crippen LogP contribution < -0.4 is 5.32 Å². The number of nitrogens with one attached hydrogen (secondary N) is 1. The van der Waals surface area contributed by atoms with Gasteiger partial charge in [0.2, 0.25) is 0 Å². The summed E-state index contributed by atoms with van der Waals surface area (Å²) in [5.41, 5.74) is 4.51. The summed E-state index contributed by atoms with van der Waals surface area (Å²) in [6.07, 6.45) is 3.64. The van der Waals surface area contributed by atoms with Crippen LogP contribution in [0.15, 0.2) is 96.7 Å². The molecule has 35 heavy (non-hydrogen) atoms. The lowest BCUT2D eigenvalue weighted by atomic mass is 10.1. The number of fused-ring (bicyclic) bond motifs is 2. The van der Waals surface area contributed by atoms with Gasteiger partial charge >= 0.3 is 0 Å². The van der Waals surface area contributed by atoms with Crippen LogP contribution in [-0.2, 0) is 11.3 Å². The van der Waals surface area contributed by atoms with Crippen LogP contribution in [-0.4, -0.2) is 10.5 Å². The summed E-state index contributed by atoms with van der Waals surface area (Å²) in [6.45, 7) is 2.57. The number of halogens is 1. The van der Waals surface area contributed by atoms with Gasteiger partial charge in [-0.3, -0.25) is 4.79 Å². The van der Waals surface area contributed by atoms with Gasteiger partial charge in [0.05, 0.1) is 0 Å². The number of aromatic nitrogens is 1. The molecule has 4 nitrogen and oxygen atoms in total. The molecule has 5 rings (SSSR count). The van der Waals surface area contributed by atoms with Crippen molar-refractivity contribution in [2.75, 3.05) is 5.32 Å². The highest BCUT2D eigenvalue weighted by Gasteiger charge is 2.13. The maximum absolute atomic E-state index is 12.9. The van der Waals surface area contributed by atoms with E-state index in [-0.39, 0.29) is 5.57 Å². The van der Waals surface area contributed by atoms with Crippen molar-refractivity contribution in [3.8, 4) is 6.07 Å². The molecular formula is C30H22ClN3O. The first kappa shape index (κ1) is 22.5. The van der Waals surface area contributed by atoms with Gasteiger partial charge in [-0.05, 0) is 59.2 Å². The predicted octanol–water partition coefficient (Wildman–Crippen LogP) is 7.35. The van der Waals surface area contributed by atoms with Crippen molar-refractivity contribution in [2.24, 2.45) is 0 Å². The zero-order valence-electron chi connectivity index (χ0n) is 19.1. The van der Waals surface area contributed by atoms with Crippen LogP contribution in [0.1, 0.15) is 16.7 Å². The molecular weight excluding hydrogens is 454 g/mol. The zero-order valence-corrected chi connectivity index (χ0v) is 19.9. The van der Waals surface area contributed by atoms with Gasteiger partial charge in [-0.2, -0.15) is 5.26 Å². The van der Waals surface area contributed by atoms with E-state index in [1.54, 1.807) is 18.2 Å². The van der Waals surface area contributed by atoms with E-state index in [9.17, 15) is 10.1 Å². The number of hydrogen-bond donors (Lipinski definition) is 1. The van der Waals surface area contributed by atoms with Crippen molar-refractivity contribution < 1.29 is 4.79 Å². The third kappa shape index (κ3) is 4.68. The number of para-hydroxylation sites is 1. The highest BCUT2D eigenvalue weighted by atomic mass is 35.5.